The fourth-order valence-electron chi connectivity index (χ4n) is 1.42. The zero-order chi connectivity index (χ0) is 12.1. The molecule has 0 fully saturated rings. The van der Waals surface area contributed by atoms with Crippen molar-refractivity contribution in [2.24, 2.45) is 16.8 Å². The molecule has 0 aromatic heterocycles. The van der Waals surface area contributed by atoms with Crippen molar-refractivity contribution in [2.75, 3.05) is 6.61 Å². The van der Waals surface area contributed by atoms with Gasteiger partial charge in [-0.15, -0.1) is 0 Å². The predicted octanol–water partition coefficient (Wildman–Crippen LogP) is 2.06. The molecule has 0 bridgehead atoms. The zero-order valence-corrected chi connectivity index (χ0v) is 9.90. The highest BCUT2D eigenvalue weighted by Crippen LogP contribution is 2.22. The zero-order valence-electron chi connectivity index (χ0n) is 9.90. The van der Waals surface area contributed by atoms with Gasteiger partial charge < -0.3 is 15.7 Å². The molecule has 0 saturated heterocycles. The first-order valence-corrected chi connectivity index (χ1v) is 5.22. The smallest absolute Gasteiger partial charge is 0.145 e. The van der Waals surface area contributed by atoms with Crippen molar-refractivity contribution in [3.05, 3.63) is 29.3 Å². The van der Waals surface area contributed by atoms with Gasteiger partial charge in [0.05, 0.1) is 12.5 Å². The second-order valence-corrected chi connectivity index (χ2v) is 3.96. The summed E-state index contributed by atoms with van der Waals surface area (Å²) in [5, 5.41) is 11.5. The third-order valence-corrected chi connectivity index (χ3v) is 2.51. The third kappa shape index (κ3) is 2.89. The molecule has 0 amide bonds. The van der Waals surface area contributed by atoms with Crippen LogP contribution < -0.4 is 10.5 Å². The van der Waals surface area contributed by atoms with Crippen molar-refractivity contribution in [3.8, 4) is 5.75 Å². The number of ether oxygens (including phenoxy) is 1. The van der Waals surface area contributed by atoms with Crippen molar-refractivity contribution < 1.29 is 9.94 Å². The molecule has 88 valence electrons. The fourth-order valence-corrected chi connectivity index (χ4v) is 1.42. The van der Waals surface area contributed by atoms with Crippen LogP contribution in [0.5, 0.6) is 5.75 Å². The number of hydrogen-bond acceptors (Lipinski definition) is 3. The van der Waals surface area contributed by atoms with Crippen LogP contribution in [0.25, 0.3) is 0 Å². The predicted molar refractivity (Wildman–Crippen MR) is 64.0 cm³/mol. The molecule has 16 heavy (non-hydrogen) atoms. The number of hydrogen-bond donors (Lipinski definition) is 2. The molecular weight excluding hydrogens is 204 g/mol. The lowest BCUT2D eigenvalue weighted by atomic mass is 10.1. The molecule has 0 heterocycles. The topological polar surface area (TPSA) is 67.8 Å². The van der Waals surface area contributed by atoms with Gasteiger partial charge in [0.2, 0.25) is 0 Å². The van der Waals surface area contributed by atoms with Gasteiger partial charge in [-0.05, 0) is 25.0 Å². The van der Waals surface area contributed by atoms with Crippen LogP contribution in [-0.2, 0) is 0 Å². The lowest BCUT2D eigenvalue weighted by Crippen LogP contribution is -2.26. The summed E-state index contributed by atoms with van der Waals surface area (Å²) in [5.74, 6) is 0.954. The van der Waals surface area contributed by atoms with E-state index < -0.39 is 0 Å². The van der Waals surface area contributed by atoms with Crippen LogP contribution >= 0.6 is 0 Å². The Hall–Kier alpha value is -1.71. The Morgan fingerprint density at radius 1 is 1.44 bits per heavy atom. The van der Waals surface area contributed by atoms with Crippen LogP contribution in [-0.4, -0.2) is 17.6 Å². The largest absolute Gasteiger partial charge is 0.492 e. The van der Waals surface area contributed by atoms with E-state index >= 15 is 0 Å². The fraction of sp³-hybridized carbons (Fsp3) is 0.417. The van der Waals surface area contributed by atoms with Crippen molar-refractivity contribution in [1.29, 1.82) is 0 Å². The lowest BCUT2D eigenvalue weighted by molar-refractivity contribution is 0.276. The summed E-state index contributed by atoms with van der Waals surface area (Å²) in [7, 11) is 0. The minimum absolute atomic E-state index is 0.107. The van der Waals surface area contributed by atoms with Crippen LogP contribution in [0.3, 0.4) is 0 Å². The van der Waals surface area contributed by atoms with Crippen LogP contribution in [0, 0.1) is 19.8 Å². The van der Waals surface area contributed by atoms with Crippen molar-refractivity contribution in [1.82, 2.24) is 0 Å². The minimum Gasteiger partial charge on any atom is -0.492 e. The van der Waals surface area contributed by atoms with Gasteiger partial charge in [0.15, 0.2) is 0 Å². The Balaban J connectivity index is 2.68. The highest BCUT2D eigenvalue weighted by atomic mass is 16.5. The van der Waals surface area contributed by atoms with Gasteiger partial charge in [0.25, 0.3) is 0 Å². The number of rotatable bonds is 4. The maximum Gasteiger partial charge on any atom is 0.145 e. The molecule has 1 unspecified atom stereocenters. The number of nitrogens with zero attached hydrogens (tertiary/aromatic N) is 1. The molecule has 1 aromatic carbocycles. The SMILES string of the molecule is Cc1cccc(C)c1OCC(C)/C(N)=N/O. The van der Waals surface area contributed by atoms with E-state index in [-0.39, 0.29) is 11.8 Å². The number of benzene rings is 1. The number of amidine groups is 1. The van der Waals surface area contributed by atoms with Gasteiger partial charge in [0, 0.05) is 0 Å². The Bertz CT molecular complexity index is 368. The third-order valence-electron chi connectivity index (χ3n) is 2.51. The van der Waals surface area contributed by atoms with Gasteiger partial charge in [-0.3, -0.25) is 0 Å². The molecule has 0 aliphatic rings. The molecule has 1 aromatic rings. The summed E-state index contributed by atoms with van der Waals surface area (Å²) in [4.78, 5) is 0. The summed E-state index contributed by atoms with van der Waals surface area (Å²) in [6.45, 7) is 6.25. The highest BCUT2D eigenvalue weighted by Gasteiger charge is 2.10. The number of nitrogens with two attached hydrogens (primary N) is 1. The van der Waals surface area contributed by atoms with E-state index in [0.29, 0.717) is 6.61 Å². The van der Waals surface area contributed by atoms with Crippen LogP contribution in [0.15, 0.2) is 23.4 Å². The van der Waals surface area contributed by atoms with Gasteiger partial charge in [-0.25, -0.2) is 0 Å². The monoisotopic (exact) mass is 222 g/mol. The van der Waals surface area contributed by atoms with E-state index in [2.05, 4.69) is 5.16 Å². The van der Waals surface area contributed by atoms with Crippen LogP contribution in [0.1, 0.15) is 18.1 Å². The first kappa shape index (κ1) is 12.4. The standard InChI is InChI=1S/C12H18N2O2/c1-8-5-4-6-9(2)11(8)16-7-10(3)12(13)14-15/h4-6,10,15H,7H2,1-3H3,(H2,13,14). The van der Waals surface area contributed by atoms with E-state index in [1.54, 1.807) is 0 Å². The average Bonchev–Trinajstić information content (AvgIpc) is 2.27. The van der Waals surface area contributed by atoms with Crippen molar-refractivity contribution in [2.45, 2.75) is 20.8 Å². The molecule has 1 rings (SSSR count). The Labute approximate surface area is 95.7 Å². The molecule has 0 aliphatic carbocycles. The second kappa shape index (κ2) is 5.39. The molecular formula is C12H18N2O2. The molecule has 0 spiro atoms. The lowest BCUT2D eigenvalue weighted by Gasteiger charge is -2.15. The van der Waals surface area contributed by atoms with E-state index in [4.69, 9.17) is 15.7 Å². The highest BCUT2D eigenvalue weighted by molar-refractivity contribution is 5.81. The number of para-hydroxylation sites is 1. The minimum atomic E-state index is -0.107. The van der Waals surface area contributed by atoms with E-state index in [1.807, 2.05) is 39.0 Å². The first-order valence-electron chi connectivity index (χ1n) is 5.22. The van der Waals surface area contributed by atoms with E-state index in [1.165, 1.54) is 0 Å². The second-order valence-electron chi connectivity index (χ2n) is 3.96. The Morgan fingerprint density at radius 2 is 2.00 bits per heavy atom. The summed E-state index contributed by atoms with van der Waals surface area (Å²) in [5.41, 5.74) is 7.66. The molecule has 3 N–H and O–H groups in total. The molecule has 0 saturated carbocycles. The molecule has 0 aliphatic heterocycles. The average molecular weight is 222 g/mol. The first-order chi connectivity index (χ1) is 7.56. The van der Waals surface area contributed by atoms with Crippen LogP contribution in [0.4, 0.5) is 0 Å². The van der Waals surface area contributed by atoms with Gasteiger partial charge in [-0.1, -0.05) is 30.3 Å². The summed E-state index contributed by atoms with van der Waals surface area (Å²) in [6, 6.07) is 5.98. The Kier molecular flexibility index (Phi) is 4.17. The maximum absolute atomic E-state index is 8.52. The molecule has 4 nitrogen and oxygen atoms in total. The number of oxime groups is 1. The normalized spacial score (nSPS) is 13.6. The van der Waals surface area contributed by atoms with Crippen molar-refractivity contribution in [3.63, 3.8) is 0 Å². The van der Waals surface area contributed by atoms with Gasteiger partial charge in [0.1, 0.15) is 11.6 Å². The van der Waals surface area contributed by atoms with Crippen LogP contribution in [0.2, 0.25) is 0 Å². The molecule has 4 heteroatoms. The maximum atomic E-state index is 8.52. The Morgan fingerprint density at radius 3 is 2.50 bits per heavy atom. The van der Waals surface area contributed by atoms with Gasteiger partial charge in [-0.2, -0.15) is 0 Å². The van der Waals surface area contributed by atoms with Crippen molar-refractivity contribution >= 4 is 5.84 Å². The summed E-state index contributed by atoms with van der Waals surface area (Å²) < 4.78 is 5.68. The van der Waals surface area contributed by atoms with E-state index in [9.17, 15) is 0 Å². The quantitative estimate of drug-likeness (QED) is 0.354. The molecule has 0 radical (unpaired) electrons. The summed E-state index contributed by atoms with van der Waals surface area (Å²) >= 11 is 0. The van der Waals surface area contributed by atoms with E-state index in [0.717, 1.165) is 16.9 Å². The molecule has 1 atom stereocenters. The summed E-state index contributed by atoms with van der Waals surface area (Å²) in [6.07, 6.45) is 0. The van der Waals surface area contributed by atoms with Gasteiger partial charge >= 0.3 is 0 Å². The number of aryl methyl sites for hydroxylation is 2.